The summed E-state index contributed by atoms with van der Waals surface area (Å²) in [5.74, 6) is -1.22. The maximum Gasteiger partial charge on any atom is 0.308 e. The second kappa shape index (κ2) is 4.82. The van der Waals surface area contributed by atoms with Crippen LogP contribution >= 0.6 is 0 Å². The molecule has 17 heavy (non-hydrogen) atoms. The number of hydrogen-bond donors (Lipinski definition) is 2. The highest BCUT2D eigenvalue weighted by Crippen LogP contribution is 2.20. The molecule has 1 unspecified atom stereocenters. The zero-order valence-electron chi connectivity index (χ0n) is 9.55. The van der Waals surface area contributed by atoms with Gasteiger partial charge in [-0.2, -0.15) is 0 Å². The molecule has 2 aromatic rings. The average molecular weight is 230 g/mol. The maximum absolute atomic E-state index is 10.7. The summed E-state index contributed by atoms with van der Waals surface area (Å²) in [6.07, 6.45) is 1.73. The molecule has 0 saturated heterocycles. The Morgan fingerprint density at radius 2 is 2.18 bits per heavy atom. The molecule has 0 amide bonds. The monoisotopic (exact) mass is 230 g/mol. The van der Waals surface area contributed by atoms with E-state index in [1.54, 1.807) is 13.1 Å². The van der Waals surface area contributed by atoms with Crippen LogP contribution in [-0.2, 0) is 4.79 Å². The molecule has 1 heterocycles. The normalized spacial score (nSPS) is 12.3. The highest BCUT2D eigenvalue weighted by Gasteiger charge is 2.10. The summed E-state index contributed by atoms with van der Waals surface area (Å²) in [4.78, 5) is 15.0. The summed E-state index contributed by atoms with van der Waals surface area (Å²) in [5, 5.41) is 13.0. The SMILES string of the molecule is CC(CNc1cccc2cccnc12)C(=O)O. The molecule has 2 rings (SSSR count). The van der Waals surface area contributed by atoms with E-state index in [1.165, 1.54) is 0 Å². The van der Waals surface area contributed by atoms with Crippen LogP contribution in [-0.4, -0.2) is 22.6 Å². The third-order valence-corrected chi connectivity index (χ3v) is 2.65. The van der Waals surface area contributed by atoms with Crippen molar-refractivity contribution < 1.29 is 9.90 Å². The number of nitrogens with one attached hydrogen (secondary N) is 1. The largest absolute Gasteiger partial charge is 0.481 e. The van der Waals surface area contributed by atoms with Gasteiger partial charge in [-0.3, -0.25) is 9.78 Å². The molecule has 2 N–H and O–H groups in total. The highest BCUT2D eigenvalue weighted by atomic mass is 16.4. The maximum atomic E-state index is 10.7. The Balaban J connectivity index is 2.21. The number of rotatable bonds is 4. The van der Waals surface area contributed by atoms with Crippen molar-refractivity contribution in [2.75, 3.05) is 11.9 Å². The van der Waals surface area contributed by atoms with Gasteiger partial charge in [0.25, 0.3) is 0 Å². The molecule has 88 valence electrons. The van der Waals surface area contributed by atoms with Gasteiger partial charge in [-0.05, 0) is 12.1 Å². The minimum absolute atomic E-state index is 0.394. The minimum atomic E-state index is -0.800. The van der Waals surface area contributed by atoms with Gasteiger partial charge < -0.3 is 10.4 Å². The van der Waals surface area contributed by atoms with Crippen LogP contribution < -0.4 is 5.32 Å². The van der Waals surface area contributed by atoms with E-state index in [4.69, 9.17) is 5.11 Å². The third-order valence-electron chi connectivity index (χ3n) is 2.65. The van der Waals surface area contributed by atoms with Gasteiger partial charge in [-0.25, -0.2) is 0 Å². The topological polar surface area (TPSA) is 62.2 Å². The molecule has 0 saturated carbocycles. The molecule has 4 heteroatoms. The van der Waals surface area contributed by atoms with Crippen molar-refractivity contribution in [3.8, 4) is 0 Å². The Morgan fingerprint density at radius 3 is 2.94 bits per heavy atom. The van der Waals surface area contributed by atoms with Gasteiger partial charge in [0.2, 0.25) is 0 Å². The fourth-order valence-electron chi connectivity index (χ4n) is 1.60. The van der Waals surface area contributed by atoms with Gasteiger partial charge in [0.05, 0.1) is 17.1 Å². The minimum Gasteiger partial charge on any atom is -0.481 e. The van der Waals surface area contributed by atoms with Crippen LogP contribution in [0.3, 0.4) is 0 Å². The molecule has 0 aliphatic heterocycles. The summed E-state index contributed by atoms with van der Waals surface area (Å²) in [6.45, 7) is 2.07. The van der Waals surface area contributed by atoms with E-state index in [-0.39, 0.29) is 0 Å². The molecular formula is C13H14N2O2. The van der Waals surface area contributed by atoms with Crippen molar-refractivity contribution in [2.24, 2.45) is 5.92 Å². The number of carboxylic acid groups (broad SMARTS) is 1. The van der Waals surface area contributed by atoms with Crippen molar-refractivity contribution in [1.29, 1.82) is 0 Å². The second-order valence-electron chi connectivity index (χ2n) is 4.00. The molecule has 1 aromatic heterocycles. The number of aliphatic carboxylic acids is 1. The van der Waals surface area contributed by atoms with Crippen molar-refractivity contribution >= 4 is 22.6 Å². The molecule has 0 spiro atoms. The van der Waals surface area contributed by atoms with Crippen LogP contribution in [0, 0.1) is 5.92 Å². The Labute approximate surface area is 99.3 Å². The lowest BCUT2D eigenvalue weighted by Gasteiger charge is -2.11. The lowest BCUT2D eigenvalue weighted by atomic mass is 10.1. The van der Waals surface area contributed by atoms with Gasteiger partial charge in [-0.15, -0.1) is 0 Å². The number of carboxylic acids is 1. The van der Waals surface area contributed by atoms with Crippen LogP contribution in [0.4, 0.5) is 5.69 Å². The fraction of sp³-hybridized carbons (Fsp3) is 0.231. The molecule has 0 aliphatic carbocycles. The Hall–Kier alpha value is -2.10. The number of anilines is 1. The van der Waals surface area contributed by atoms with Gasteiger partial charge in [0.1, 0.15) is 0 Å². The standard InChI is InChI=1S/C13H14N2O2/c1-9(13(16)17)8-15-11-6-2-4-10-5-3-7-14-12(10)11/h2-7,9,15H,8H2,1H3,(H,16,17). The number of hydrogen-bond acceptors (Lipinski definition) is 3. The summed E-state index contributed by atoms with van der Waals surface area (Å²) in [5.41, 5.74) is 1.74. The first-order chi connectivity index (χ1) is 8.18. The summed E-state index contributed by atoms with van der Waals surface area (Å²) in [7, 11) is 0. The number of para-hydroxylation sites is 1. The van der Waals surface area contributed by atoms with Crippen LogP contribution in [0.2, 0.25) is 0 Å². The Morgan fingerprint density at radius 1 is 1.41 bits per heavy atom. The van der Waals surface area contributed by atoms with E-state index in [2.05, 4.69) is 10.3 Å². The van der Waals surface area contributed by atoms with E-state index in [9.17, 15) is 4.79 Å². The molecule has 0 aliphatic rings. The van der Waals surface area contributed by atoms with Crippen LogP contribution in [0.25, 0.3) is 10.9 Å². The molecule has 0 radical (unpaired) electrons. The summed E-state index contributed by atoms with van der Waals surface area (Å²) < 4.78 is 0. The van der Waals surface area contributed by atoms with Gasteiger partial charge in [-0.1, -0.05) is 25.1 Å². The second-order valence-corrected chi connectivity index (χ2v) is 4.00. The number of pyridine rings is 1. The van der Waals surface area contributed by atoms with Gasteiger partial charge in [0, 0.05) is 18.1 Å². The fourth-order valence-corrected chi connectivity index (χ4v) is 1.60. The van der Waals surface area contributed by atoms with Gasteiger partial charge in [0.15, 0.2) is 0 Å². The van der Waals surface area contributed by atoms with E-state index < -0.39 is 11.9 Å². The molecular weight excluding hydrogens is 216 g/mol. The van der Waals surface area contributed by atoms with E-state index in [0.29, 0.717) is 6.54 Å². The molecule has 0 bridgehead atoms. The van der Waals surface area contributed by atoms with Crippen LogP contribution in [0.15, 0.2) is 36.5 Å². The lowest BCUT2D eigenvalue weighted by molar-refractivity contribution is -0.140. The quantitative estimate of drug-likeness (QED) is 0.846. The third kappa shape index (κ3) is 2.53. The predicted octanol–water partition coefficient (Wildman–Crippen LogP) is 2.37. The van der Waals surface area contributed by atoms with E-state index in [0.717, 1.165) is 16.6 Å². The summed E-state index contributed by atoms with van der Waals surface area (Å²) >= 11 is 0. The van der Waals surface area contributed by atoms with Gasteiger partial charge >= 0.3 is 5.97 Å². The Kier molecular flexibility index (Phi) is 3.23. The first kappa shape index (κ1) is 11.4. The zero-order valence-corrected chi connectivity index (χ0v) is 9.55. The number of benzene rings is 1. The van der Waals surface area contributed by atoms with Crippen molar-refractivity contribution in [2.45, 2.75) is 6.92 Å². The molecule has 1 aromatic carbocycles. The molecule has 0 fully saturated rings. The van der Waals surface area contributed by atoms with Crippen LogP contribution in [0.5, 0.6) is 0 Å². The number of aromatic nitrogens is 1. The Bertz CT molecular complexity index is 534. The van der Waals surface area contributed by atoms with Crippen molar-refractivity contribution in [3.63, 3.8) is 0 Å². The molecule has 1 atom stereocenters. The number of nitrogens with zero attached hydrogens (tertiary/aromatic N) is 1. The zero-order chi connectivity index (χ0) is 12.3. The van der Waals surface area contributed by atoms with Crippen molar-refractivity contribution in [3.05, 3.63) is 36.5 Å². The highest BCUT2D eigenvalue weighted by molar-refractivity contribution is 5.90. The number of fused-ring (bicyclic) bond motifs is 1. The van der Waals surface area contributed by atoms with Crippen molar-refractivity contribution in [1.82, 2.24) is 4.98 Å². The van der Waals surface area contributed by atoms with E-state index in [1.807, 2.05) is 30.3 Å². The number of carbonyl (C=O) groups is 1. The first-order valence-electron chi connectivity index (χ1n) is 5.49. The average Bonchev–Trinajstić information content (AvgIpc) is 2.35. The lowest BCUT2D eigenvalue weighted by Crippen LogP contribution is -2.19. The van der Waals surface area contributed by atoms with Crippen LogP contribution in [0.1, 0.15) is 6.92 Å². The molecule has 4 nitrogen and oxygen atoms in total. The van der Waals surface area contributed by atoms with E-state index >= 15 is 0 Å². The predicted molar refractivity (Wildman–Crippen MR) is 67.0 cm³/mol. The first-order valence-corrected chi connectivity index (χ1v) is 5.49. The summed E-state index contributed by atoms with van der Waals surface area (Å²) in [6, 6.07) is 9.68. The smallest absolute Gasteiger partial charge is 0.308 e.